The number of hydrogen-bond acceptors (Lipinski definition) is 5. The summed E-state index contributed by atoms with van der Waals surface area (Å²) >= 11 is 0. The third kappa shape index (κ3) is 5.40. The van der Waals surface area contributed by atoms with Gasteiger partial charge in [0.05, 0.1) is 18.5 Å². The van der Waals surface area contributed by atoms with Gasteiger partial charge in [-0.15, -0.1) is 0 Å². The Labute approximate surface area is 133 Å². The van der Waals surface area contributed by atoms with E-state index in [2.05, 4.69) is 15.2 Å². The molecule has 0 aromatic rings. The molecular formula is C14H27N3O4S. The number of hydrogen-bond donors (Lipinski definition) is 1. The highest BCUT2D eigenvalue weighted by Gasteiger charge is 2.32. The minimum atomic E-state index is -2.90. The molecule has 0 aromatic heterocycles. The van der Waals surface area contributed by atoms with E-state index >= 15 is 0 Å². The molecule has 0 aromatic carbocycles. The van der Waals surface area contributed by atoms with Crippen LogP contribution in [0.15, 0.2) is 4.99 Å². The minimum absolute atomic E-state index is 0.0887. The Morgan fingerprint density at radius 2 is 2.09 bits per heavy atom. The predicted octanol–water partition coefficient (Wildman–Crippen LogP) is -0.124. The monoisotopic (exact) mass is 333 g/mol. The Kier molecular flexibility index (Phi) is 6.46. The summed E-state index contributed by atoms with van der Waals surface area (Å²) in [5.74, 6) is 0.998. The summed E-state index contributed by atoms with van der Waals surface area (Å²) in [5.41, 5.74) is 0. The highest BCUT2D eigenvalue weighted by Crippen LogP contribution is 2.20. The van der Waals surface area contributed by atoms with Gasteiger partial charge in [0.25, 0.3) is 0 Å². The van der Waals surface area contributed by atoms with Gasteiger partial charge in [0, 0.05) is 39.5 Å². The molecule has 8 heteroatoms. The number of rotatable bonds is 5. The zero-order valence-corrected chi connectivity index (χ0v) is 14.3. The van der Waals surface area contributed by atoms with E-state index in [1.165, 1.54) is 6.26 Å². The average molecular weight is 333 g/mol. The zero-order valence-electron chi connectivity index (χ0n) is 13.5. The van der Waals surface area contributed by atoms with Crippen LogP contribution in [0.25, 0.3) is 0 Å². The van der Waals surface area contributed by atoms with Crippen molar-refractivity contribution in [3.63, 3.8) is 0 Å². The fourth-order valence-corrected chi connectivity index (χ4v) is 3.52. The summed E-state index contributed by atoms with van der Waals surface area (Å²) in [6.07, 6.45) is 4.27. The maximum Gasteiger partial charge on any atom is 0.193 e. The molecular weight excluding hydrogens is 306 g/mol. The molecule has 1 N–H and O–H groups in total. The molecule has 0 spiro atoms. The van der Waals surface area contributed by atoms with E-state index in [-0.39, 0.29) is 18.0 Å². The second-order valence-electron chi connectivity index (χ2n) is 5.86. The third-order valence-corrected chi connectivity index (χ3v) is 4.99. The molecule has 2 atom stereocenters. The molecule has 0 amide bonds. The molecule has 0 aliphatic carbocycles. The first-order chi connectivity index (χ1) is 10.5. The molecule has 2 saturated heterocycles. The van der Waals surface area contributed by atoms with E-state index in [9.17, 15) is 8.42 Å². The van der Waals surface area contributed by atoms with E-state index in [1.54, 1.807) is 7.05 Å². The van der Waals surface area contributed by atoms with E-state index in [0.717, 1.165) is 38.5 Å². The highest BCUT2D eigenvalue weighted by molar-refractivity contribution is 7.90. The van der Waals surface area contributed by atoms with E-state index in [4.69, 9.17) is 9.47 Å². The number of sulfone groups is 1. The number of nitrogens with zero attached hydrogens (tertiary/aromatic N) is 2. The second-order valence-corrected chi connectivity index (χ2v) is 8.12. The first kappa shape index (κ1) is 17.5. The van der Waals surface area contributed by atoms with E-state index in [0.29, 0.717) is 19.6 Å². The molecule has 2 aliphatic rings. The molecule has 0 saturated carbocycles. The molecule has 2 heterocycles. The van der Waals surface area contributed by atoms with Gasteiger partial charge in [-0.05, 0) is 19.3 Å². The van der Waals surface area contributed by atoms with Gasteiger partial charge < -0.3 is 19.7 Å². The van der Waals surface area contributed by atoms with Crippen LogP contribution in [-0.2, 0) is 19.3 Å². The molecule has 0 radical (unpaired) electrons. The van der Waals surface area contributed by atoms with Gasteiger partial charge in [-0.25, -0.2) is 8.42 Å². The van der Waals surface area contributed by atoms with Crippen LogP contribution in [0.4, 0.5) is 0 Å². The van der Waals surface area contributed by atoms with Gasteiger partial charge in [-0.3, -0.25) is 4.99 Å². The summed E-state index contributed by atoms with van der Waals surface area (Å²) in [7, 11) is -1.16. The van der Waals surface area contributed by atoms with Crippen molar-refractivity contribution < 1.29 is 17.9 Å². The van der Waals surface area contributed by atoms with Crippen LogP contribution in [0.5, 0.6) is 0 Å². The van der Waals surface area contributed by atoms with Gasteiger partial charge in [0.2, 0.25) is 0 Å². The first-order valence-electron chi connectivity index (χ1n) is 7.86. The van der Waals surface area contributed by atoms with E-state index < -0.39 is 9.84 Å². The molecule has 22 heavy (non-hydrogen) atoms. The maximum absolute atomic E-state index is 11.1. The quantitative estimate of drug-likeness (QED) is 0.429. The Morgan fingerprint density at radius 1 is 1.32 bits per heavy atom. The van der Waals surface area contributed by atoms with Gasteiger partial charge in [-0.2, -0.15) is 0 Å². The summed E-state index contributed by atoms with van der Waals surface area (Å²) < 4.78 is 33.8. The Hall–Kier alpha value is -0.860. The van der Waals surface area contributed by atoms with Crippen molar-refractivity contribution in [1.82, 2.24) is 10.2 Å². The lowest BCUT2D eigenvalue weighted by Gasteiger charge is -2.37. The van der Waals surface area contributed by atoms with Crippen molar-refractivity contribution >= 4 is 15.8 Å². The van der Waals surface area contributed by atoms with Crippen LogP contribution in [-0.4, -0.2) is 83.4 Å². The average Bonchev–Trinajstić information content (AvgIpc) is 3.01. The fraction of sp³-hybridized carbons (Fsp3) is 0.929. The molecule has 2 rings (SSSR count). The molecule has 7 nitrogen and oxygen atoms in total. The van der Waals surface area contributed by atoms with Crippen LogP contribution < -0.4 is 5.32 Å². The molecule has 2 aliphatic heterocycles. The highest BCUT2D eigenvalue weighted by atomic mass is 32.2. The van der Waals surface area contributed by atoms with E-state index in [1.807, 2.05) is 0 Å². The largest absolute Gasteiger partial charge is 0.375 e. The summed E-state index contributed by atoms with van der Waals surface area (Å²) in [5, 5.41) is 3.24. The van der Waals surface area contributed by atoms with Gasteiger partial charge in [-0.1, -0.05) is 0 Å². The van der Waals surface area contributed by atoms with Crippen molar-refractivity contribution in [2.75, 3.05) is 51.9 Å². The number of ether oxygens (including phenoxy) is 2. The van der Waals surface area contributed by atoms with Crippen LogP contribution >= 0.6 is 0 Å². The van der Waals surface area contributed by atoms with Crippen LogP contribution in [0.3, 0.4) is 0 Å². The second kappa shape index (κ2) is 8.12. The lowest BCUT2D eigenvalue weighted by atomic mass is 10.1. The first-order valence-corrected chi connectivity index (χ1v) is 9.92. The lowest BCUT2D eigenvalue weighted by molar-refractivity contribution is -0.0816. The minimum Gasteiger partial charge on any atom is -0.375 e. The summed E-state index contributed by atoms with van der Waals surface area (Å²) in [4.78, 5) is 6.46. The molecule has 0 bridgehead atoms. The van der Waals surface area contributed by atoms with Crippen molar-refractivity contribution in [2.45, 2.75) is 31.5 Å². The lowest BCUT2D eigenvalue weighted by Crippen LogP contribution is -2.53. The molecule has 2 unspecified atom stereocenters. The number of guanidine groups is 1. The van der Waals surface area contributed by atoms with Crippen molar-refractivity contribution in [2.24, 2.45) is 4.99 Å². The zero-order chi connectivity index (χ0) is 16.0. The Morgan fingerprint density at radius 3 is 2.73 bits per heavy atom. The standard InChI is InChI=1S/C14H27N3O4S/c1-15-14(16-6-4-10-22(2,18)19)17-7-9-21-13(11-17)12-5-3-8-20-12/h12-13H,3-11H2,1-2H3,(H,15,16). The Bertz CT molecular complexity index is 474. The number of morpholine rings is 1. The van der Waals surface area contributed by atoms with Gasteiger partial charge >= 0.3 is 0 Å². The SMILES string of the molecule is CN=C(NCCCS(C)(=O)=O)N1CCOC(C2CCCO2)C1. The summed E-state index contributed by atoms with van der Waals surface area (Å²) in [6.45, 7) is 3.63. The van der Waals surface area contributed by atoms with Crippen LogP contribution in [0, 0.1) is 0 Å². The number of aliphatic imine (C=N–C) groups is 1. The summed E-state index contributed by atoms with van der Waals surface area (Å²) in [6, 6.07) is 0. The van der Waals surface area contributed by atoms with Gasteiger partial charge in [0.1, 0.15) is 15.9 Å². The third-order valence-electron chi connectivity index (χ3n) is 3.96. The fourth-order valence-electron chi connectivity index (χ4n) is 2.86. The van der Waals surface area contributed by atoms with Gasteiger partial charge in [0.15, 0.2) is 5.96 Å². The Balaban J connectivity index is 1.79. The maximum atomic E-state index is 11.1. The smallest absolute Gasteiger partial charge is 0.193 e. The van der Waals surface area contributed by atoms with Crippen molar-refractivity contribution in [3.05, 3.63) is 0 Å². The molecule has 128 valence electrons. The van der Waals surface area contributed by atoms with Crippen molar-refractivity contribution in [1.29, 1.82) is 0 Å². The molecule has 2 fully saturated rings. The van der Waals surface area contributed by atoms with Crippen LogP contribution in [0.1, 0.15) is 19.3 Å². The number of nitrogens with one attached hydrogen (secondary N) is 1. The topological polar surface area (TPSA) is 80.2 Å². The van der Waals surface area contributed by atoms with Crippen molar-refractivity contribution in [3.8, 4) is 0 Å². The normalized spacial score (nSPS) is 27.2. The predicted molar refractivity (Wildman–Crippen MR) is 86.0 cm³/mol. The van der Waals surface area contributed by atoms with Crippen LogP contribution in [0.2, 0.25) is 0 Å².